The monoisotopic (exact) mass is 394 g/mol. The second-order valence-electron chi connectivity index (χ2n) is 5.58. The van der Waals surface area contributed by atoms with E-state index in [1.807, 2.05) is 6.92 Å². The van der Waals surface area contributed by atoms with Crippen LogP contribution in [-0.4, -0.2) is 36.0 Å². The minimum absolute atomic E-state index is 0.0217. The number of esters is 1. The highest BCUT2D eigenvalue weighted by atomic mass is 35.5. The molecule has 132 valence electrons. The first-order chi connectivity index (χ1) is 11.4. The highest BCUT2D eigenvalue weighted by Crippen LogP contribution is 2.32. The van der Waals surface area contributed by atoms with Gasteiger partial charge in [-0.2, -0.15) is 4.98 Å². The number of rotatable bonds is 4. The van der Waals surface area contributed by atoms with E-state index >= 15 is 0 Å². The van der Waals surface area contributed by atoms with E-state index in [0.29, 0.717) is 6.54 Å². The zero-order valence-corrected chi connectivity index (χ0v) is 15.5. The molecule has 24 heavy (non-hydrogen) atoms. The maximum atomic E-state index is 12.3. The summed E-state index contributed by atoms with van der Waals surface area (Å²) in [6.45, 7) is 2.36. The number of nitrogen functional groups attached to an aromatic ring is 1. The van der Waals surface area contributed by atoms with Crippen molar-refractivity contribution in [3.8, 4) is 0 Å². The molecule has 3 N–H and O–H groups in total. The molecule has 1 atom stereocenters. The fourth-order valence-corrected chi connectivity index (χ4v) is 3.35. The van der Waals surface area contributed by atoms with E-state index in [2.05, 4.69) is 4.98 Å². The van der Waals surface area contributed by atoms with Crippen LogP contribution in [0.1, 0.15) is 43.1 Å². The molecule has 0 aromatic carbocycles. The molecule has 2 heterocycles. The number of hydrogen-bond donors (Lipinski definition) is 1. The number of pyridine rings is 1. The van der Waals surface area contributed by atoms with E-state index in [0.717, 1.165) is 25.7 Å². The zero-order chi connectivity index (χ0) is 17.9. The van der Waals surface area contributed by atoms with Crippen molar-refractivity contribution in [3.05, 3.63) is 20.9 Å². The minimum Gasteiger partial charge on any atom is -0.448 e. The molecule has 1 aromatic heterocycles. The molecule has 1 aliphatic heterocycles. The summed E-state index contributed by atoms with van der Waals surface area (Å²) in [5, 5.41) is -0.0985. The zero-order valence-electron chi connectivity index (χ0n) is 13.2. The van der Waals surface area contributed by atoms with Crippen molar-refractivity contribution in [2.24, 2.45) is 0 Å². The number of aromatic amines is 1. The molecule has 6 nitrogen and oxygen atoms in total. The number of carbonyl (C=O) groups excluding carboxylic acids is 2. The molecule has 2 rings (SSSR count). The van der Waals surface area contributed by atoms with Crippen molar-refractivity contribution in [2.75, 3.05) is 18.9 Å². The lowest BCUT2D eigenvalue weighted by molar-refractivity contribution is -0.380. The van der Waals surface area contributed by atoms with Gasteiger partial charge in [0.1, 0.15) is 10.0 Å². The van der Waals surface area contributed by atoms with Gasteiger partial charge in [-0.25, -0.2) is 4.79 Å². The minimum atomic E-state index is -0.816. The van der Waals surface area contributed by atoms with Crippen molar-refractivity contribution in [2.45, 2.75) is 38.6 Å². The van der Waals surface area contributed by atoms with Crippen molar-refractivity contribution in [1.82, 2.24) is 4.90 Å². The summed E-state index contributed by atoms with van der Waals surface area (Å²) in [7, 11) is 0. The van der Waals surface area contributed by atoms with Crippen LogP contribution in [0.25, 0.3) is 0 Å². The van der Waals surface area contributed by atoms with E-state index in [9.17, 15) is 9.59 Å². The molecule has 1 fully saturated rings. The van der Waals surface area contributed by atoms with Gasteiger partial charge in [-0.1, -0.05) is 30.1 Å². The summed E-state index contributed by atoms with van der Waals surface area (Å²) in [5.41, 5.74) is 5.52. The van der Waals surface area contributed by atoms with Crippen molar-refractivity contribution < 1.29 is 19.3 Å². The molecule has 1 aliphatic rings. The van der Waals surface area contributed by atoms with Gasteiger partial charge >= 0.3 is 11.7 Å². The fraction of sp³-hybridized carbons (Fsp3) is 0.533. The van der Waals surface area contributed by atoms with Gasteiger partial charge in [0.05, 0.1) is 5.69 Å². The van der Waals surface area contributed by atoms with E-state index in [4.69, 9.17) is 45.3 Å². The Kier molecular flexibility index (Phi) is 6.54. The molecular formula is C15H19Cl3N3O3+. The lowest BCUT2D eigenvalue weighted by Crippen LogP contribution is -2.45. The number of likely N-dealkylation sites (tertiary alicyclic amines) is 1. The standard InChI is InChI=1S/C15H18Cl3N3O3/c1-2-8-5-3-4-6-21(8)9(22)7-24-15(23)13-10(16)12(19)11(17)14(18)20-13/h8H,2-7H2,1H3,(H2,19,20)/p+1/t8-/m0/s1. The maximum Gasteiger partial charge on any atom is 0.405 e. The number of aromatic nitrogens is 1. The van der Waals surface area contributed by atoms with Crippen LogP contribution in [0.15, 0.2) is 0 Å². The second kappa shape index (κ2) is 8.23. The van der Waals surface area contributed by atoms with E-state index in [-0.39, 0.29) is 45.1 Å². The molecule has 1 amide bonds. The van der Waals surface area contributed by atoms with Crippen LogP contribution in [0.2, 0.25) is 15.2 Å². The van der Waals surface area contributed by atoms with Crippen molar-refractivity contribution >= 4 is 52.4 Å². The maximum absolute atomic E-state index is 12.3. The molecule has 1 saturated heterocycles. The van der Waals surface area contributed by atoms with Crippen LogP contribution in [0, 0.1) is 0 Å². The van der Waals surface area contributed by atoms with Crippen molar-refractivity contribution in [3.63, 3.8) is 0 Å². The number of anilines is 1. The SMILES string of the molecule is CC[C@H]1CCCCN1C(=O)COC(=O)c1[nH+]c(Cl)c(Cl)c(N)c1Cl. The Morgan fingerprint density at radius 1 is 1.29 bits per heavy atom. The Morgan fingerprint density at radius 2 is 2.00 bits per heavy atom. The molecule has 9 heteroatoms. The topological polar surface area (TPSA) is 86.8 Å². The summed E-state index contributed by atoms with van der Waals surface area (Å²) < 4.78 is 5.06. The predicted molar refractivity (Wildman–Crippen MR) is 92.4 cm³/mol. The summed E-state index contributed by atoms with van der Waals surface area (Å²) in [4.78, 5) is 28.8. The van der Waals surface area contributed by atoms with Crippen LogP contribution in [-0.2, 0) is 9.53 Å². The third-order valence-electron chi connectivity index (χ3n) is 4.07. The Bertz CT molecular complexity index is 655. The number of H-pyrrole nitrogens is 1. The van der Waals surface area contributed by atoms with Crippen LogP contribution < -0.4 is 10.7 Å². The van der Waals surface area contributed by atoms with Gasteiger partial charge in [-0.15, -0.1) is 0 Å². The number of ether oxygens (including phenoxy) is 1. The van der Waals surface area contributed by atoms with Gasteiger partial charge in [-0.3, -0.25) is 4.79 Å². The Labute approximate surface area is 155 Å². The molecule has 1 aromatic rings. The van der Waals surface area contributed by atoms with E-state index in [1.54, 1.807) is 4.90 Å². The quantitative estimate of drug-likeness (QED) is 0.627. The Hall–Kier alpha value is -1.24. The van der Waals surface area contributed by atoms with Crippen molar-refractivity contribution in [1.29, 1.82) is 0 Å². The molecule has 0 bridgehead atoms. The Morgan fingerprint density at radius 3 is 2.67 bits per heavy atom. The smallest absolute Gasteiger partial charge is 0.405 e. The number of nitrogens with one attached hydrogen (secondary N) is 1. The number of piperidine rings is 1. The number of amides is 1. The van der Waals surface area contributed by atoms with Gasteiger partial charge in [0.25, 0.3) is 11.1 Å². The number of hydrogen-bond acceptors (Lipinski definition) is 4. The molecule has 0 spiro atoms. The molecule has 0 saturated carbocycles. The normalized spacial score (nSPS) is 17.7. The Balaban J connectivity index is 2.04. The third kappa shape index (κ3) is 4.05. The number of nitrogens with two attached hydrogens (primary N) is 1. The lowest BCUT2D eigenvalue weighted by Gasteiger charge is -2.35. The molecule has 0 unspecified atom stereocenters. The third-order valence-corrected chi connectivity index (χ3v) is 5.23. The fourth-order valence-electron chi connectivity index (χ4n) is 2.75. The summed E-state index contributed by atoms with van der Waals surface area (Å²) >= 11 is 17.7. The average Bonchev–Trinajstić information content (AvgIpc) is 2.60. The number of nitrogens with zero attached hydrogens (tertiary/aromatic N) is 1. The first kappa shape index (κ1) is 19.1. The highest BCUT2D eigenvalue weighted by Gasteiger charge is 2.30. The summed E-state index contributed by atoms with van der Waals surface area (Å²) in [5.74, 6) is -1.04. The van der Waals surface area contributed by atoms with Crippen LogP contribution in [0.4, 0.5) is 5.69 Å². The van der Waals surface area contributed by atoms with Gasteiger partial charge in [0.2, 0.25) is 0 Å². The van der Waals surface area contributed by atoms with Crippen LogP contribution in [0.5, 0.6) is 0 Å². The highest BCUT2D eigenvalue weighted by molar-refractivity contribution is 6.45. The van der Waals surface area contributed by atoms with Gasteiger partial charge in [0, 0.05) is 12.6 Å². The summed E-state index contributed by atoms with van der Waals surface area (Å²) in [6, 6.07) is 0.195. The summed E-state index contributed by atoms with van der Waals surface area (Å²) in [6.07, 6.45) is 3.91. The van der Waals surface area contributed by atoms with E-state index < -0.39 is 5.97 Å². The first-order valence-corrected chi connectivity index (χ1v) is 8.82. The molecule has 0 aliphatic carbocycles. The lowest BCUT2D eigenvalue weighted by atomic mass is 10.00. The van der Waals surface area contributed by atoms with Crippen LogP contribution >= 0.6 is 34.8 Å². The largest absolute Gasteiger partial charge is 0.448 e. The predicted octanol–water partition coefficient (Wildman–Crippen LogP) is 2.99. The van der Waals surface area contributed by atoms with Gasteiger partial charge in [0.15, 0.2) is 6.61 Å². The molecular weight excluding hydrogens is 377 g/mol. The number of halogens is 3. The van der Waals surface area contributed by atoms with E-state index in [1.165, 1.54) is 0 Å². The van der Waals surface area contributed by atoms with Gasteiger partial charge in [-0.05, 0) is 37.3 Å². The second-order valence-corrected chi connectivity index (χ2v) is 6.71. The van der Waals surface area contributed by atoms with Gasteiger partial charge < -0.3 is 15.4 Å². The average molecular weight is 396 g/mol. The number of carbonyl (C=O) groups is 2. The first-order valence-electron chi connectivity index (χ1n) is 7.68. The van der Waals surface area contributed by atoms with Crippen LogP contribution in [0.3, 0.4) is 0 Å². The molecule has 0 radical (unpaired) electrons.